The zero-order valence-electron chi connectivity index (χ0n) is 11.2. The molecular weight excluding hydrogens is 210 g/mol. The number of hydrogen-bond acceptors (Lipinski definition) is 1. The molecule has 1 aliphatic carbocycles. The van der Waals surface area contributed by atoms with Crippen LogP contribution in [0.15, 0.2) is 18.2 Å². The number of amides is 1. The maximum Gasteiger partial charge on any atom is 0.219 e. The fraction of sp³-hybridized carbons (Fsp3) is 0.533. The van der Waals surface area contributed by atoms with Crippen LogP contribution in [0.3, 0.4) is 0 Å². The molecule has 94 valence electrons. The molecular formula is C15H23NO. The predicted molar refractivity (Wildman–Crippen MR) is 72.2 cm³/mol. The number of aryl methyl sites for hydroxylation is 2. The van der Waals surface area contributed by atoms with E-state index in [0.29, 0.717) is 6.42 Å². The van der Waals surface area contributed by atoms with Crippen LogP contribution in [0.5, 0.6) is 0 Å². The Balaban J connectivity index is 0.000000185. The van der Waals surface area contributed by atoms with E-state index in [0.717, 1.165) is 6.54 Å². The van der Waals surface area contributed by atoms with Gasteiger partial charge < -0.3 is 5.32 Å². The molecule has 0 fully saturated rings. The predicted octanol–water partition coefficient (Wildman–Crippen LogP) is 3.02. The van der Waals surface area contributed by atoms with Crippen molar-refractivity contribution in [2.75, 3.05) is 6.54 Å². The molecule has 0 unspecified atom stereocenters. The maximum atomic E-state index is 10.3. The van der Waals surface area contributed by atoms with Crippen LogP contribution in [0.25, 0.3) is 0 Å². The van der Waals surface area contributed by atoms with E-state index in [1.165, 1.54) is 24.8 Å². The molecule has 0 aromatic heterocycles. The highest BCUT2D eigenvalue weighted by atomic mass is 16.1. The number of fused-ring (bicyclic) bond motifs is 1. The van der Waals surface area contributed by atoms with Gasteiger partial charge in [0.1, 0.15) is 0 Å². The summed E-state index contributed by atoms with van der Waals surface area (Å²) < 4.78 is 0. The van der Waals surface area contributed by atoms with Crippen molar-refractivity contribution in [3.63, 3.8) is 0 Å². The van der Waals surface area contributed by atoms with Crippen molar-refractivity contribution in [2.24, 2.45) is 0 Å². The molecule has 2 nitrogen and oxygen atoms in total. The fourth-order valence-electron chi connectivity index (χ4n) is 2.13. The summed E-state index contributed by atoms with van der Waals surface area (Å²) in [5.74, 6) is 0.127. The number of carbonyl (C=O) groups excluding carboxylic acids is 1. The summed E-state index contributed by atoms with van der Waals surface area (Å²) >= 11 is 0. The second kappa shape index (κ2) is 7.10. The van der Waals surface area contributed by atoms with E-state index in [-0.39, 0.29) is 5.91 Å². The Morgan fingerprint density at radius 3 is 2.59 bits per heavy atom. The topological polar surface area (TPSA) is 29.1 Å². The van der Waals surface area contributed by atoms with Crippen molar-refractivity contribution in [3.8, 4) is 0 Å². The second-order valence-corrected chi connectivity index (χ2v) is 4.37. The third-order valence-electron chi connectivity index (χ3n) is 3.08. The van der Waals surface area contributed by atoms with Gasteiger partial charge in [-0.25, -0.2) is 0 Å². The monoisotopic (exact) mass is 233 g/mol. The Kier molecular flexibility index (Phi) is 5.75. The summed E-state index contributed by atoms with van der Waals surface area (Å²) in [6.45, 7) is 6.70. The van der Waals surface area contributed by atoms with Crippen LogP contribution >= 0.6 is 0 Å². The lowest BCUT2D eigenvalue weighted by Crippen LogP contribution is -2.20. The highest BCUT2D eigenvalue weighted by molar-refractivity contribution is 5.75. The lowest BCUT2D eigenvalue weighted by Gasteiger charge is -2.00. The van der Waals surface area contributed by atoms with Crippen LogP contribution in [-0.2, 0) is 17.6 Å². The van der Waals surface area contributed by atoms with Gasteiger partial charge in [-0.15, -0.1) is 0 Å². The van der Waals surface area contributed by atoms with Gasteiger partial charge in [-0.05, 0) is 49.8 Å². The Hall–Kier alpha value is -1.31. The minimum absolute atomic E-state index is 0.127. The van der Waals surface area contributed by atoms with Crippen molar-refractivity contribution in [1.29, 1.82) is 0 Å². The van der Waals surface area contributed by atoms with Crippen molar-refractivity contribution in [1.82, 2.24) is 5.32 Å². The van der Waals surface area contributed by atoms with Crippen LogP contribution in [0.2, 0.25) is 0 Å². The highest BCUT2D eigenvalue weighted by Gasteiger charge is 2.10. The molecule has 0 heterocycles. The van der Waals surface area contributed by atoms with Crippen molar-refractivity contribution < 1.29 is 4.79 Å². The number of hydrogen-bond donors (Lipinski definition) is 1. The molecule has 1 N–H and O–H groups in total. The summed E-state index contributed by atoms with van der Waals surface area (Å²) in [4.78, 5) is 10.3. The molecule has 0 saturated heterocycles. The van der Waals surface area contributed by atoms with Crippen molar-refractivity contribution in [3.05, 3.63) is 34.9 Å². The SMILES string of the molecule is CCNC(=O)CC.Cc1cccc2c1CCC2. The van der Waals surface area contributed by atoms with Gasteiger partial charge >= 0.3 is 0 Å². The summed E-state index contributed by atoms with van der Waals surface area (Å²) in [5.41, 5.74) is 4.68. The molecule has 0 radical (unpaired) electrons. The molecule has 1 amide bonds. The van der Waals surface area contributed by atoms with Gasteiger partial charge in [0, 0.05) is 13.0 Å². The third kappa shape index (κ3) is 4.22. The van der Waals surface area contributed by atoms with E-state index in [1.807, 2.05) is 13.8 Å². The number of carbonyl (C=O) groups is 1. The fourth-order valence-corrected chi connectivity index (χ4v) is 2.13. The smallest absolute Gasteiger partial charge is 0.219 e. The first kappa shape index (κ1) is 13.8. The van der Waals surface area contributed by atoms with Crippen LogP contribution in [0.4, 0.5) is 0 Å². The van der Waals surface area contributed by atoms with Gasteiger partial charge in [-0.1, -0.05) is 25.1 Å². The van der Waals surface area contributed by atoms with Gasteiger partial charge in [0.25, 0.3) is 0 Å². The molecule has 1 aromatic rings. The lowest BCUT2D eigenvalue weighted by molar-refractivity contribution is -0.120. The van der Waals surface area contributed by atoms with E-state index < -0.39 is 0 Å². The minimum Gasteiger partial charge on any atom is -0.356 e. The molecule has 17 heavy (non-hydrogen) atoms. The molecule has 0 aliphatic heterocycles. The first-order valence-corrected chi connectivity index (χ1v) is 6.53. The number of rotatable bonds is 2. The van der Waals surface area contributed by atoms with Gasteiger partial charge in [-0.3, -0.25) is 4.79 Å². The van der Waals surface area contributed by atoms with E-state index in [4.69, 9.17) is 0 Å². The van der Waals surface area contributed by atoms with Gasteiger partial charge in [0.05, 0.1) is 0 Å². The van der Waals surface area contributed by atoms with E-state index in [2.05, 4.69) is 30.4 Å². The first-order valence-electron chi connectivity index (χ1n) is 6.53. The van der Waals surface area contributed by atoms with Crippen LogP contribution in [0.1, 0.15) is 43.4 Å². The number of nitrogens with one attached hydrogen (secondary N) is 1. The Morgan fingerprint density at radius 2 is 2.06 bits per heavy atom. The molecule has 0 atom stereocenters. The van der Waals surface area contributed by atoms with E-state index in [1.54, 1.807) is 11.1 Å². The summed E-state index contributed by atoms with van der Waals surface area (Å²) in [7, 11) is 0. The molecule has 0 bridgehead atoms. The number of benzene rings is 1. The largest absolute Gasteiger partial charge is 0.356 e. The van der Waals surface area contributed by atoms with E-state index in [9.17, 15) is 4.79 Å². The zero-order chi connectivity index (χ0) is 12.7. The molecule has 0 saturated carbocycles. The van der Waals surface area contributed by atoms with Gasteiger partial charge in [-0.2, -0.15) is 0 Å². The minimum atomic E-state index is 0.127. The van der Waals surface area contributed by atoms with E-state index >= 15 is 0 Å². The van der Waals surface area contributed by atoms with Crippen LogP contribution in [-0.4, -0.2) is 12.5 Å². The Morgan fingerprint density at radius 1 is 1.29 bits per heavy atom. The van der Waals surface area contributed by atoms with Crippen LogP contribution < -0.4 is 5.32 Å². The first-order chi connectivity index (χ1) is 8.19. The van der Waals surface area contributed by atoms with Gasteiger partial charge in [0.15, 0.2) is 0 Å². The van der Waals surface area contributed by atoms with Crippen molar-refractivity contribution >= 4 is 5.91 Å². The third-order valence-corrected chi connectivity index (χ3v) is 3.08. The average Bonchev–Trinajstić information content (AvgIpc) is 2.80. The molecule has 1 aliphatic rings. The quantitative estimate of drug-likeness (QED) is 0.836. The Bertz CT molecular complexity index is 371. The average molecular weight is 233 g/mol. The highest BCUT2D eigenvalue weighted by Crippen LogP contribution is 2.24. The van der Waals surface area contributed by atoms with Crippen molar-refractivity contribution in [2.45, 2.75) is 46.5 Å². The second-order valence-electron chi connectivity index (χ2n) is 4.37. The zero-order valence-corrected chi connectivity index (χ0v) is 11.2. The Labute approximate surface area is 104 Å². The molecule has 2 heteroatoms. The normalized spacial score (nSPS) is 12.4. The van der Waals surface area contributed by atoms with Gasteiger partial charge in [0.2, 0.25) is 5.91 Å². The molecule has 2 rings (SSSR count). The molecule has 0 spiro atoms. The molecule has 1 aromatic carbocycles. The summed E-state index contributed by atoms with van der Waals surface area (Å²) in [5, 5.41) is 2.66. The summed E-state index contributed by atoms with van der Waals surface area (Å²) in [6, 6.07) is 6.64. The standard InChI is InChI=1S/C10H12.C5H11NO/c1-8-4-2-5-9-6-3-7-10(8)9;1-3-5(7)6-4-2/h2,4-5H,3,6-7H2,1H3;3-4H2,1-2H3,(H,6,7). The maximum absolute atomic E-state index is 10.3. The van der Waals surface area contributed by atoms with Crippen LogP contribution in [0, 0.1) is 6.92 Å². The summed E-state index contributed by atoms with van der Waals surface area (Å²) in [6.07, 6.45) is 4.56. The lowest BCUT2D eigenvalue weighted by atomic mass is 10.1.